The molecule has 0 aliphatic carbocycles. The molecule has 0 aliphatic heterocycles. The Labute approximate surface area is 113 Å². The minimum absolute atomic E-state index is 0.112. The Morgan fingerprint density at radius 1 is 1.56 bits per heavy atom. The number of hydrogen-bond acceptors (Lipinski definition) is 5. The van der Waals surface area contributed by atoms with Gasteiger partial charge in [0.1, 0.15) is 10.8 Å². The molecule has 4 nitrogen and oxygen atoms in total. The van der Waals surface area contributed by atoms with E-state index in [0.29, 0.717) is 5.75 Å². The highest BCUT2D eigenvalue weighted by Gasteiger charge is 2.08. The molecule has 0 aliphatic rings. The largest absolute Gasteiger partial charge is 0.497 e. The normalized spacial score (nSPS) is 10.3. The first kappa shape index (κ1) is 12.9. The summed E-state index contributed by atoms with van der Waals surface area (Å²) in [5, 5.41) is 11.1. The van der Waals surface area contributed by atoms with Gasteiger partial charge in [0, 0.05) is 10.3 Å². The van der Waals surface area contributed by atoms with Gasteiger partial charge >= 0.3 is 5.97 Å². The van der Waals surface area contributed by atoms with Crippen LogP contribution < -0.4 is 4.74 Å². The highest BCUT2D eigenvalue weighted by atomic mass is 32.2. The predicted octanol–water partition coefficient (Wildman–Crippen LogP) is 3.14. The molecule has 0 unspecified atom stereocenters. The first-order valence-corrected chi connectivity index (χ1v) is 7.00. The van der Waals surface area contributed by atoms with Crippen LogP contribution in [-0.4, -0.2) is 23.2 Å². The van der Waals surface area contributed by atoms with Crippen LogP contribution in [0.5, 0.6) is 5.75 Å². The maximum atomic E-state index is 10.7. The second kappa shape index (κ2) is 5.88. The van der Waals surface area contributed by atoms with E-state index in [-0.39, 0.29) is 5.69 Å². The van der Waals surface area contributed by atoms with E-state index in [2.05, 4.69) is 4.98 Å². The maximum absolute atomic E-state index is 10.7. The Kier molecular flexibility index (Phi) is 4.22. The third-order valence-corrected chi connectivity index (χ3v) is 4.21. The standard InChI is InChI=1S/C12H11NO3S2/c1-16-8-3-2-4-9(5-8)17-7-11-13-10(6-18-11)12(14)15/h2-6H,7H2,1H3,(H,14,15). The molecule has 0 saturated heterocycles. The van der Waals surface area contributed by atoms with Gasteiger partial charge in [0.2, 0.25) is 0 Å². The first-order chi connectivity index (χ1) is 8.69. The van der Waals surface area contributed by atoms with Gasteiger partial charge in [-0.05, 0) is 18.2 Å². The topological polar surface area (TPSA) is 59.4 Å². The molecule has 0 saturated carbocycles. The summed E-state index contributed by atoms with van der Waals surface area (Å²) in [6, 6.07) is 7.73. The number of hydrogen-bond donors (Lipinski definition) is 1. The lowest BCUT2D eigenvalue weighted by molar-refractivity contribution is 0.0691. The Hall–Kier alpha value is -1.53. The van der Waals surface area contributed by atoms with Crippen LogP contribution in [0.1, 0.15) is 15.5 Å². The van der Waals surface area contributed by atoms with E-state index in [4.69, 9.17) is 9.84 Å². The fourth-order valence-electron chi connectivity index (χ4n) is 1.31. The van der Waals surface area contributed by atoms with Crippen molar-refractivity contribution < 1.29 is 14.6 Å². The van der Waals surface area contributed by atoms with Crippen molar-refractivity contribution in [1.82, 2.24) is 4.98 Å². The number of aromatic carboxylic acids is 1. The molecule has 18 heavy (non-hydrogen) atoms. The van der Waals surface area contributed by atoms with Crippen LogP contribution in [0.25, 0.3) is 0 Å². The van der Waals surface area contributed by atoms with Gasteiger partial charge in [-0.1, -0.05) is 6.07 Å². The van der Waals surface area contributed by atoms with Gasteiger partial charge in [-0.15, -0.1) is 23.1 Å². The van der Waals surface area contributed by atoms with Gasteiger partial charge in [0.15, 0.2) is 5.69 Å². The Morgan fingerprint density at radius 2 is 2.39 bits per heavy atom. The molecule has 0 radical (unpaired) electrons. The van der Waals surface area contributed by atoms with E-state index >= 15 is 0 Å². The van der Waals surface area contributed by atoms with E-state index < -0.39 is 5.97 Å². The van der Waals surface area contributed by atoms with Gasteiger partial charge in [-0.3, -0.25) is 0 Å². The summed E-state index contributed by atoms with van der Waals surface area (Å²) < 4.78 is 5.14. The molecule has 1 aromatic heterocycles. The summed E-state index contributed by atoms with van der Waals surface area (Å²) in [7, 11) is 1.63. The minimum atomic E-state index is -0.983. The van der Waals surface area contributed by atoms with Crippen molar-refractivity contribution in [2.24, 2.45) is 0 Å². The molecule has 2 aromatic rings. The lowest BCUT2D eigenvalue weighted by Gasteiger charge is -2.02. The smallest absolute Gasteiger partial charge is 0.355 e. The molecule has 1 heterocycles. The third kappa shape index (κ3) is 3.24. The van der Waals surface area contributed by atoms with Crippen LogP contribution in [0.15, 0.2) is 34.5 Å². The highest BCUT2D eigenvalue weighted by molar-refractivity contribution is 7.98. The van der Waals surface area contributed by atoms with Crippen molar-refractivity contribution in [3.05, 3.63) is 40.3 Å². The molecule has 0 fully saturated rings. The zero-order chi connectivity index (χ0) is 13.0. The summed E-state index contributed by atoms with van der Waals surface area (Å²) in [5.74, 6) is 0.486. The second-order valence-electron chi connectivity index (χ2n) is 3.40. The highest BCUT2D eigenvalue weighted by Crippen LogP contribution is 2.27. The van der Waals surface area contributed by atoms with E-state index in [1.165, 1.54) is 11.3 Å². The molecule has 0 spiro atoms. The number of nitrogens with zero attached hydrogens (tertiary/aromatic N) is 1. The van der Waals surface area contributed by atoms with E-state index in [0.717, 1.165) is 15.7 Å². The van der Waals surface area contributed by atoms with Crippen molar-refractivity contribution in [2.45, 2.75) is 10.6 Å². The van der Waals surface area contributed by atoms with Crippen LogP contribution in [0.3, 0.4) is 0 Å². The second-order valence-corrected chi connectivity index (χ2v) is 5.39. The average Bonchev–Trinajstić information content (AvgIpc) is 2.85. The molecular weight excluding hydrogens is 270 g/mol. The van der Waals surface area contributed by atoms with E-state index in [1.807, 2.05) is 24.3 Å². The van der Waals surface area contributed by atoms with Gasteiger partial charge in [0.05, 0.1) is 12.9 Å². The molecule has 1 N–H and O–H groups in total. The van der Waals surface area contributed by atoms with Crippen molar-refractivity contribution in [3.8, 4) is 5.75 Å². The van der Waals surface area contributed by atoms with Crippen LogP contribution in [0, 0.1) is 0 Å². The van der Waals surface area contributed by atoms with E-state index in [1.54, 1.807) is 24.3 Å². The summed E-state index contributed by atoms with van der Waals surface area (Å²) >= 11 is 2.97. The fourth-order valence-corrected chi connectivity index (χ4v) is 3.04. The Balaban J connectivity index is 1.99. The Bertz CT molecular complexity index is 554. The zero-order valence-corrected chi connectivity index (χ0v) is 11.3. The number of carbonyl (C=O) groups is 1. The Morgan fingerprint density at radius 3 is 3.06 bits per heavy atom. The minimum Gasteiger partial charge on any atom is -0.497 e. The lowest BCUT2D eigenvalue weighted by atomic mass is 10.3. The van der Waals surface area contributed by atoms with Gasteiger partial charge in [-0.2, -0.15) is 0 Å². The summed E-state index contributed by atoms with van der Waals surface area (Å²) in [6.45, 7) is 0. The first-order valence-electron chi connectivity index (χ1n) is 5.13. The van der Waals surface area contributed by atoms with Gasteiger partial charge in [-0.25, -0.2) is 9.78 Å². The van der Waals surface area contributed by atoms with Crippen LogP contribution in [-0.2, 0) is 5.75 Å². The number of benzene rings is 1. The molecule has 6 heteroatoms. The number of aromatic nitrogens is 1. The number of rotatable bonds is 5. The van der Waals surface area contributed by atoms with Gasteiger partial charge < -0.3 is 9.84 Å². The molecular formula is C12H11NO3S2. The van der Waals surface area contributed by atoms with Crippen LogP contribution in [0.2, 0.25) is 0 Å². The maximum Gasteiger partial charge on any atom is 0.355 e. The average molecular weight is 281 g/mol. The lowest BCUT2D eigenvalue weighted by Crippen LogP contribution is -1.96. The monoisotopic (exact) mass is 281 g/mol. The third-order valence-electron chi connectivity index (χ3n) is 2.17. The molecule has 1 aromatic carbocycles. The number of carboxylic acids is 1. The fraction of sp³-hybridized carbons (Fsp3) is 0.167. The number of methoxy groups -OCH3 is 1. The van der Waals surface area contributed by atoms with Gasteiger partial charge in [0.25, 0.3) is 0 Å². The summed E-state index contributed by atoms with van der Waals surface area (Å²) in [6.07, 6.45) is 0. The van der Waals surface area contributed by atoms with Crippen LogP contribution >= 0.6 is 23.1 Å². The van der Waals surface area contributed by atoms with E-state index in [9.17, 15) is 4.79 Å². The molecule has 2 rings (SSSR count). The van der Waals surface area contributed by atoms with Crippen molar-refractivity contribution >= 4 is 29.1 Å². The van der Waals surface area contributed by atoms with Crippen LogP contribution in [0.4, 0.5) is 0 Å². The molecule has 0 atom stereocenters. The summed E-state index contributed by atoms with van der Waals surface area (Å²) in [5.41, 5.74) is 0.112. The number of thioether (sulfide) groups is 1. The number of thiazole rings is 1. The molecule has 94 valence electrons. The molecule has 0 bridgehead atoms. The van der Waals surface area contributed by atoms with Crippen molar-refractivity contribution in [2.75, 3.05) is 7.11 Å². The zero-order valence-electron chi connectivity index (χ0n) is 9.62. The van der Waals surface area contributed by atoms with Crippen molar-refractivity contribution in [3.63, 3.8) is 0 Å². The predicted molar refractivity (Wildman–Crippen MR) is 71.6 cm³/mol. The SMILES string of the molecule is COc1cccc(SCc2nc(C(=O)O)cs2)c1. The molecule has 0 amide bonds. The number of ether oxygens (including phenoxy) is 1. The van der Waals surface area contributed by atoms with Crippen molar-refractivity contribution in [1.29, 1.82) is 0 Å². The summed E-state index contributed by atoms with van der Waals surface area (Å²) in [4.78, 5) is 15.8. The number of carboxylic acid groups (broad SMARTS) is 1. The quantitative estimate of drug-likeness (QED) is 0.853.